The highest BCUT2D eigenvalue weighted by Gasteiger charge is 2.58. The molecule has 0 radical (unpaired) electrons. The fourth-order valence-electron chi connectivity index (χ4n) is 5.34. The van der Waals surface area contributed by atoms with Gasteiger partial charge in [0, 0.05) is 26.2 Å². The van der Waals surface area contributed by atoms with E-state index < -0.39 is 11.4 Å². The largest absolute Gasteiger partial charge is 0.466 e. The second kappa shape index (κ2) is 11.5. The molecule has 0 aromatic carbocycles. The van der Waals surface area contributed by atoms with E-state index in [4.69, 9.17) is 18.9 Å². The fourth-order valence-corrected chi connectivity index (χ4v) is 5.34. The molecule has 33 heavy (non-hydrogen) atoms. The van der Waals surface area contributed by atoms with Crippen molar-refractivity contribution < 1.29 is 28.5 Å². The monoisotopic (exact) mass is 468 g/mol. The van der Waals surface area contributed by atoms with Crippen molar-refractivity contribution >= 4 is 11.9 Å². The fraction of sp³-hybridized carbons (Fsp3) is 0.920. The predicted molar refractivity (Wildman–Crippen MR) is 124 cm³/mol. The summed E-state index contributed by atoms with van der Waals surface area (Å²) in [5, 5.41) is 0. The molecular formula is C25H44N2O6. The van der Waals surface area contributed by atoms with Gasteiger partial charge in [0.15, 0.2) is 0 Å². The molecule has 2 aliphatic heterocycles. The van der Waals surface area contributed by atoms with E-state index >= 15 is 0 Å². The number of nitrogens with zero attached hydrogens (tertiary/aromatic N) is 2. The van der Waals surface area contributed by atoms with Crippen LogP contribution in [0.3, 0.4) is 0 Å². The van der Waals surface area contributed by atoms with Gasteiger partial charge in [0.2, 0.25) is 0 Å². The van der Waals surface area contributed by atoms with E-state index in [1.54, 1.807) is 0 Å². The average Bonchev–Trinajstić information content (AvgIpc) is 3.44. The normalized spacial score (nSPS) is 29.1. The van der Waals surface area contributed by atoms with E-state index in [1.165, 1.54) is 0 Å². The molecule has 0 bridgehead atoms. The minimum atomic E-state index is -1.30. The summed E-state index contributed by atoms with van der Waals surface area (Å²) < 4.78 is 24.2. The number of likely N-dealkylation sites (tertiary alicyclic amines) is 2. The van der Waals surface area contributed by atoms with Crippen molar-refractivity contribution in [2.75, 3.05) is 32.8 Å². The van der Waals surface area contributed by atoms with Gasteiger partial charge in [-0.1, -0.05) is 0 Å². The molecule has 0 amide bonds. The third-order valence-electron chi connectivity index (χ3n) is 6.77. The first-order valence-electron chi connectivity index (χ1n) is 12.9. The second-order valence-corrected chi connectivity index (χ2v) is 10.4. The van der Waals surface area contributed by atoms with Crippen LogP contribution in [0.2, 0.25) is 0 Å². The average molecular weight is 469 g/mol. The SMILES string of the molecule is CCOC(=O)C1CCC(OC(C(=O)OC(C)(C)C)(N2CCCC2)N2CCCC2OCC)CC1. The van der Waals surface area contributed by atoms with Crippen LogP contribution in [0.1, 0.15) is 86.0 Å². The molecular weight excluding hydrogens is 424 g/mol. The van der Waals surface area contributed by atoms with Gasteiger partial charge in [-0.3, -0.25) is 9.69 Å². The van der Waals surface area contributed by atoms with E-state index in [9.17, 15) is 9.59 Å². The Bertz CT molecular complexity index is 652. The number of carbonyl (C=O) groups is 2. The number of ether oxygens (including phenoxy) is 4. The first-order chi connectivity index (χ1) is 15.7. The van der Waals surface area contributed by atoms with Gasteiger partial charge in [0.05, 0.1) is 18.6 Å². The second-order valence-electron chi connectivity index (χ2n) is 10.4. The smallest absolute Gasteiger partial charge is 0.371 e. The quantitative estimate of drug-likeness (QED) is 0.475. The van der Waals surface area contributed by atoms with Crippen LogP contribution >= 0.6 is 0 Å². The molecule has 0 spiro atoms. The van der Waals surface area contributed by atoms with Crippen LogP contribution < -0.4 is 0 Å². The first kappa shape index (κ1) is 26.4. The lowest BCUT2D eigenvalue weighted by atomic mass is 9.87. The Labute approximate surface area is 199 Å². The minimum absolute atomic E-state index is 0.0875. The molecule has 2 unspecified atom stereocenters. The highest BCUT2D eigenvalue weighted by Crippen LogP contribution is 2.39. The molecule has 0 N–H and O–H groups in total. The minimum Gasteiger partial charge on any atom is -0.466 e. The summed E-state index contributed by atoms with van der Waals surface area (Å²) in [4.78, 5) is 30.5. The maximum Gasteiger partial charge on any atom is 0.371 e. The van der Waals surface area contributed by atoms with Crippen LogP contribution in [-0.2, 0) is 28.5 Å². The van der Waals surface area contributed by atoms with E-state index in [0.29, 0.717) is 26.1 Å². The van der Waals surface area contributed by atoms with Gasteiger partial charge in [-0.05, 0) is 86.0 Å². The lowest BCUT2D eigenvalue weighted by Crippen LogP contribution is -2.70. The summed E-state index contributed by atoms with van der Waals surface area (Å²) in [7, 11) is 0. The maximum atomic E-state index is 14.0. The van der Waals surface area contributed by atoms with Crippen LogP contribution in [-0.4, -0.2) is 78.4 Å². The highest BCUT2D eigenvalue weighted by atomic mass is 16.6. The van der Waals surface area contributed by atoms with Crippen molar-refractivity contribution in [1.29, 1.82) is 0 Å². The molecule has 2 saturated heterocycles. The molecule has 2 atom stereocenters. The van der Waals surface area contributed by atoms with Crippen molar-refractivity contribution in [3.63, 3.8) is 0 Å². The number of carbonyl (C=O) groups excluding carboxylic acids is 2. The Balaban J connectivity index is 1.88. The van der Waals surface area contributed by atoms with E-state index in [0.717, 1.165) is 58.2 Å². The van der Waals surface area contributed by atoms with Crippen LogP contribution in [0.4, 0.5) is 0 Å². The standard InChI is InChI=1S/C25H44N2O6/c1-6-30-21-11-10-18-27(21)25(26-16-8-9-17-26,23(29)33-24(3,4)5)32-20-14-12-19(13-15-20)22(28)31-7-2/h19-21H,6-18H2,1-5H3. The summed E-state index contributed by atoms with van der Waals surface area (Å²) in [5.41, 5.74) is -0.631. The molecule has 8 heteroatoms. The Morgan fingerprint density at radius 1 is 0.879 bits per heavy atom. The van der Waals surface area contributed by atoms with Crippen LogP contribution in [0.15, 0.2) is 0 Å². The Hall–Kier alpha value is -1.22. The summed E-state index contributed by atoms with van der Waals surface area (Å²) in [6, 6.07) is 0. The predicted octanol–water partition coefficient (Wildman–Crippen LogP) is 3.67. The topological polar surface area (TPSA) is 77.5 Å². The molecule has 2 heterocycles. The summed E-state index contributed by atoms with van der Waals surface area (Å²) >= 11 is 0. The number of esters is 2. The van der Waals surface area contributed by atoms with Crippen molar-refractivity contribution in [2.24, 2.45) is 5.92 Å². The lowest BCUT2D eigenvalue weighted by molar-refractivity contribution is -0.296. The van der Waals surface area contributed by atoms with Crippen molar-refractivity contribution in [2.45, 2.75) is 110 Å². The first-order valence-corrected chi connectivity index (χ1v) is 12.9. The molecule has 1 saturated carbocycles. The zero-order valence-electron chi connectivity index (χ0n) is 21.3. The third-order valence-corrected chi connectivity index (χ3v) is 6.77. The molecule has 3 aliphatic rings. The van der Waals surface area contributed by atoms with Gasteiger partial charge < -0.3 is 18.9 Å². The highest BCUT2D eigenvalue weighted by molar-refractivity contribution is 5.79. The summed E-state index contributed by atoms with van der Waals surface area (Å²) in [6.07, 6.45) is 6.40. The molecule has 1 aliphatic carbocycles. The Kier molecular flexibility index (Phi) is 9.17. The lowest BCUT2D eigenvalue weighted by Gasteiger charge is -2.49. The molecule has 3 rings (SSSR count). The third kappa shape index (κ3) is 6.27. The van der Waals surface area contributed by atoms with Gasteiger partial charge in [0.25, 0.3) is 5.85 Å². The van der Waals surface area contributed by atoms with Gasteiger partial charge in [-0.25, -0.2) is 9.69 Å². The Morgan fingerprint density at radius 3 is 2.12 bits per heavy atom. The van der Waals surface area contributed by atoms with E-state index in [2.05, 4.69) is 9.80 Å². The Morgan fingerprint density at radius 2 is 1.55 bits per heavy atom. The van der Waals surface area contributed by atoms with Crippen LogP contribution in [0.25, 0.3) is 0 Å². The van der Waals surface area contributed by atoms with Gasteiger partial charge in [-0.15, -0.1) is 0 Å². The van der Waals surface area contributed by atoms with E-state index in [1.807, 2.05) is 34.6 Å². The summed E-state index contributed by atoms with van der Waals surface area (Å²) in [5.74, 6) is -1.86. The van der Waals surface area contributed by atoms with Gasteiger partial charge >= 0.3 is 11.9 Å². The van der Waals surface area contributed by atoms with Gasteiger partial charge in [0.1, 0.15) is 11.8 Å². The van der Waals surface area contributed by atoms with Gasteiger partial charge in [-0.2, -0.15) is 0 Å². The molecule has 0 aromatic heterocycles. The zero-order chi connectivity index (χ0) is 24.1. The van der Waals surface area contributed by atoms with E-state index in [-0.39, 0.29) is 30.2 Å². The number of hydrogen-bond donors (Lipinski definition) is 0. The molecule has 8 nitrogen and oxygen atoms in total. The van der Waals surface area contributed by atoms with Crippen molar-refractivity contribution in [3.05, 3.63) is 0 Å². The van der Waals surface area contributed by atoms with Crippen molar-refractivity contribution in [1.82, 2.24) is 9.80 Å². The number of hydrogen-bond acceptors (Lipinski definition) is 8. The molecule has 190 valence electrons. The molecule has 3 fully saturated rings. The zero-order valence-corrected chi connectivity index (χ0v) is 21.3. The van der Waals surface area contributed by atoms with Crippen LogP contribution in [0.5, 0.6) is 0 Å². The summed E-state index contributed by atoms with van der Waals surface area (Å²) in [6.45, 7) is 12.8. The van der Waals surface area contributed by atoms with Crippen molar-refractivity contribution in [3.8, 4) is 0 Å². The molecule has 0 aromatic rings. The maximum absolute atomic E-state index is 14.0. The number of rotatable bonds is 9. The van der Waals surface area contributed by atoms with Crippen LogP contribution in [0, 0.1) is 5.92 Å².